The molecule has 3 N–H and O–H groups in total. The minimum atomic E-state index is -1.03. The molecular weight excluding hydrogens is 426 g/mol. The zero-order valence-corrected chi connectivity index (χ0v) is 18.0. The summed E-state index contributed by atoms with van der Waals surface area (Å²) in [5.41, 5.74) is 2.64. The number of azo groups is 1. The van der Waals surface area contributed by atoms with Crippen molar-refractivity contribution in [2.75, 3.05) is 20.2 Å². The number of ether oxygens (including phenoxy) is 1. The van der Waals surface area contributed by atoms with Gasteiger partial charge in [-0.15, -0.1) is 10.2 Å². The average Bonchev–Trinajstić information content (AvgIpc) is 3.51. The Balaban J connectivity index is 1.51. The Morgan fingerprint density at radius 2 is 2.24 bits per heavy atom. The minimum Gasteiger partial charge on any atom is -0.504 e. The first-order valence-electron chi connectivity index (χ1n) is 10.7. The maximum Gasteiger partial charge on any atom is 0.404 e. The van der Waals surface area contributed by atoms with E-state index < -0.39 is 6.09 Å². The number of nitrogens with zero attached hydrogens (tertiary/aromatic N) is 4. The molecule has 170 valence electrons. The number of benzene rings is 1. The van der Waals surface area contributed by atoms with Crippen LogP contribution < -0.4 is 10.1 Å². The summed E-state index contributed by atoms with van der Waals surface area (Å²) in [5, 5.41) is 31.1. The largest absolute Gasteiger partial charge is 0.504 e. The van der Waals surface area contributed by atoms with Crippen molar-refractivity contribution < 1.29 is 24.2 Å². The number of hydrogen-bond acceptors (Lipinski definition) is 8. The number of methoxy groups -OCH3 is 1. The van der Waals surface area contributed by atoms with Crippen molar-refractivity contribution in [3.63, 3.8) is 0 Å². The number of pyridine rings is 1. The summed E-state index contributed by atoms with van der Waals surface area (Å²) in [6.45, 7) is 1.69. The van der Waals surface area contributed by atoms with Crippen molar-refractivity contribution >= 4 is 34.7 Å². The molecule has 1 fully saturated rings. The predicted molar refractivity (Wildman–Crippen MR) is 121 cm³/mol. The van der Waals surface area contributed by atoms with Crippen LogP contribution in [-0.4, -0.2) is 52.4 Å². The lowest BCUT2D eigenvalue weighted by Crippen LogP contribution is -2.39. The van der Waals surface area contributed by atoms with Gasteiger partial charge >= 0.3 is 6.09 Å². The second-order valence-corrected chi connectivity index (χ2v) is 7.99. The van der Waals surface area contributed by atoms with E-state index >= 15 is 0 Å². The molecule has 0 spiro atoms. The number of aromatic hydroxyl groups is 1. The van der Waals surface area contributed by atoms with Crippen LogP contribution in [0.3, 0.4) is 0 Å². The van der Waals surface area contributed by atoms with Gasteiger partial charge in [0.15, 0.2) is 17.3 Å². The molecule has 2 aliphatic rings. The molecule has 3 aromatic rings. The van der Waals surface area contributed by atoms with E-state index in [0.29, 0.717) is 41.3 Å². The first-order valence-corrected chi connectivity index (χ1v) is 10.7. The number of carbonyl (C=O) groups is 1. The highest BCUT2D eigenvalue weighted by Crippen LogP contribution is 2.42. The van der Waals surface area contributed by atoms with Gasteiger partial charge in [0.1, 0.15) is 17.0 Å². The molecule has 1 amide bonds. The fourth-order valence-corrected chi connectivity index (χ4v) is 4.45. The standard InChI is InChI=1S/C23H23N5O5/c1-32-18-7-6-15-20(29)19(10-17-14-5-2-8-24-22(14)27-26-17)33-21(15)16(18)12-28-9-3-4-13(28)11-25-23(30)31/h2,5-8,10,13,25,29H,3-4,9,11-12H2,1H3,(H,30,31). The number of fused-ring (bicyclic) bond motifs is 2. The van der Waals surface area contributed by atoms with Crippen LogP contribution in [0.15, 0.2) is 45.1 Å². The maximum atomic E-state index is 10.9. The summed E-state index contributed by atoms with van der Waals surface area (Å²) in [5.74, 6) is 1.45. The molecule has 1 aromatic carbocycles. The highest BCUT2D eigenvalue weighted by atomic mass is 16.5. The minimum absolute atomic E-state index is 0.0134. The van der Waals surface area contributed by atoms with E-state index in [-0.39, 0.29) is 17.6 Å². The monoisotopic (exact) mass is 449 g/mol. The smallest absolute Gasteiger partial charge is 0.404 e. The fourth-order valence-electron chi connectivity index (χ4n) is 4.45. The molecule has 0 aliphatic carbocycles. The Hall–Kier alpha value is -3.92. The van der Waals surface area contributed by atoms with Gasteiger partial charge in [-0.25, -0.2) is 9.78 Å². The lowest BCUT2D eigenvalue weighted by atomic mass is 10.1. The van der Waals surface area contributed by atoms with E-state index in [4.69, 9.17) is 14.3 Å². The van der Waals surface area contributed by atoms with Crippen LogP contribution in [0.4, 0.5) is 10.6 Å². The van der Waals surface area contributed by atoms with Gasteiger partial charge in [0.2, 0.25) is 0 Å². The van der Waals surface area contributed by atoms with E-state index in [9.17, 15) is 9.90 Å². The van der Waals surface area contributed by atoms with Gasteiger partial charge in [0.05, 0.1) is 18.1 Å². The van der Waals surface area contributed by atoms with Crippen LogP contribution >= 0.6 is 0 Å². The molecule has 10 nitrogen and oxygen atoms in total. The molecule has 33 heavy (non-hydrogen) atoms. The molecule has 10 heteroatoms. The number of aromatic nitrogens is 1. The molecule has 2 aliphatic heterocycles. The number of rotatable bonds is 6. The number of likely N-dealkylation sites (tertiary alicyclic amines) is 1. The van der Waals surface area contributed by atoms with Gasteiger partial charge in [-0.3, -0.25) is 4.90 Å². The number of carboxylic acid groups (broad SMARTS) is 1. The van der Waals surface area contributed by atoms with E-state index in [2.05, 4.69) is 25.4 Å². The zero-order chi connectivity index (χ0) is 22.9. The Kier molecular flexibility index (Phi) is 5.43. The van der Waals surface area contributed by atoms with Crippen molar-refractivity contribution in [1.82, 2.24) is 15.2 Å². The van der Waals surface area contributed by atoms with Crippen LogP contribution in [0.5, 0.6) is 11.5 Å². The van der Waals surface area contributed by atoms with Crippen molar-refractivity contribution in [1.29, 1.82) is 0 Å². The molecule has 5 rings (SSSR count). The molecule has 0 saturated carbocycles. The third-order valence-corrected chi connectivity index (χ3v) is 6.07. The van der Waals surface area contributed by atoms with E-state index in [1.807, 2.05) is 6.07 Å². The third-order valence-electron chi connectivity index (χ3n) is 6.07. The van der Waals surface area contributed by atoms with Gasteiger partial charge in [0, 0.05) is 37.0 Å². The zero-order valence-electron chi connectivity index (χ0n) is 18.0. The Labute approximate surface area is 189 Å². The average molecular weight is 449 g/mol. The van der Waals surface area contributed by atoms with Crippen LogP contribution in [0, 0.1) is 0 Å². The topological polar surface area (TPSA) is 133 Å². The highest BCUT2D eigenvalue weighted by molar-refractivity contribution is 5.94. The van der Waals surface area contributed by atoms with Crippen molar-refractivity contribution in [3.8, 4) is 11.5 Å². The first-order chi connectivity index (χ1) is 16.0. The van der Waals surface area contributed by atoms with E-state index in [1.54, 1.807) is 37.6 Å². The summed E-state index contributed by atoms with van der Waals surface area (Å²) >= 11 is 0. The Bertz CT molecular complexity index is 1280. The first kappa shape index (κ1) is 21.0. The molecule has 0 radical (unpaired) electrons. The van der Waals surface area contributed by atoms with Gasteiger partial charge in [-0.2, -0.15) is 0 Å². The molecule has 1 atom stereocenters. The quantitative estimate of drug-likeness (QED) is 0.509. The highest BCUT2D eigenvalue weighted by Gasteiger charge is 2.28. The molecular formula is C23H23N5O5. The van der Waals surface area contributed by atoms with Gasteiger partial charge < -0.3 is 24.7 Å². The van der Waals surface area contributed by atoms with Crippen LogP contribution in [-0.2, 0) is 6.54 Å². The van der Waals surface area contributed by atoms with E-state index in [1.165, 1.54) is 0 Å². The fraction of sp³-hybridized carbons (Fsp3) is 0.304. The maximum absolute atomic E-state index is 10.9. The molecule has 4 heterocycles. The summed E-state index contributed by atoms with van der Waals surface area (Å²) < 4.78 is 11.7. The second-order valence-electron chi connectivity index (χ2n) is 7.99. The lowest BCUT2D eigenvalue weighted by Gasteiger charge is -2.25. The Morgan fingerprint density at radius 3 is 3.06 bits per heavy atom. The van der Waals surface area contributed by atoms with Crippen molar-refractivity contribution in [2.45, 2.75) is 25.4 Å². The van der Waals surface area contributed by atoms with Crippen molar-refractivity contribution in [3.05, 3.63) is 47.3 Å². The summed E-state index contributed by atoms with van der Waals surface area (Å²) in [6, 6.07) is 7.31. The predicted octanol–water partition coefficient (Wildman–Crippen LogP) is 4.37. The molecule has 2 aromatic heterocycles. The van der Waals surface area contributed by atoms with Crippen molar-refractivity contribution in [2.24, 2.45) is 10.2 Å². The van der Waals surface area contributed by atoms with Gasteiger partial charge in [-0.1, -0.05) is 0 Å². The molecule has 1 saturated heterocycles. The number of hydrogen-bond donors (Lipinski definition) is 3. The molecule has 0 bridgehead atoms. The second kappa shape index (κ2) is 8.55. The number of furan rings is 1. The Morgan fingerprint density at radius 1 is 1.36 bits per heavy atom. The summed E-state index contributed by atoms with van der Waals surface area (Å²) in [6.07, 6.45) is 4.14. The third kappa shape index (κ3) is 3.89. The van der Waals surface area contributed by atoms with Gasteiger partial charge in [-0.05, 0) is 43.7 Å². The number of nitrogens with one attached hydrogen (secondary N) is 1. The normalized spacial score (nSPS) is 18.8. The van der Waals surface area contributed by atoms with Crippen LogP contribution in [0.25, 0.3) is 22.7 Å². The number of amides is 1. The SMILES string of the molecule is COc1ccc2c(O)c(C=C3N=Nc4ncccc43)oc2c1CN1CCCC1CNC(=O)O. The lowest BCUT2D eigenvalue weighted by molar-refractivity contribution is 0.185. The van der Waals surface area contributed by atoms with Crippen LogP contribution in [0.2, 0.25) is 0 Å². The van der Waals surface area contributed by atoms with Crippen LogP contribution in [0.1, 0.15) is 29.7 Å². The van der Waals surface area contributed by atoms with Gasteiger partial charge in [0.25, 0.3) is 0 Å². The summed E-state index contributed by atoms with van der Waals surface area (Å²) in [7, 11) is 1.59. The summed E-state index contributed by atoms with van der Waals surface area (Å²) in [4.78, 5) is 17.3. The molecule has 1 unspecified atom stereocenters. The van der Waals surface area contributed by atoms with E-state index in [0.717, 1.165) is 30.5 Å².